The van der Waals surface area contributed by atoms with Crippen molar-refractivity contribution in [3.05, 3.63) is 42.5 Å². The van der Waals surface area contributed by atoms with Gasteiger partial charge in [-0.05, 0) is 43.7 Å². The van der Waals surface area contributed by atoms with Crippen molar-refractivity contribution in [2.45, 2.75) is 25.6 Å². The Balaban J connectivity index is 1.39. The number of amides is 1. The van der Waals surface area contributed by atoms with Gasteiger partial charge in [0.25, 0.3) is 5.91 Å². The van der Waals surface area contributed by atoms with Crippen LogP contribution in [0.5, 0.6) is 17.2 Å². The van der Waals surface area contributed by atoms with Crippen molar-refractivity contribution in [1.82, 2.24) is 9.88 Å². The molecule has 0 N–H and O–H groups in total. The molecule has 3 heterocycles. The number of morpholine rings is 1. The number of hydrogen-bond acceptors (Lipinski definition) is 8. The number of aromatic nitrogens is 1. The van der Waals surface area contributed by atoms with Crippen molar-refractivity contribution in [2.24, 2.45) is 0 Å². The van der Waals surface area contributed by atoms with E-state index in [-0.39, 0.29) is 5.91 Å². The lowest BCUT2D eigenvalue weighted by Gasteiger charge is -2.34. The summed E-state index contributed by atoms with van der Waals surface area (Å²) in [6.45, 7) is 6.66. The number of hydrogen-bond donors (Lipinski definition) is 0. The van der Waals surface area contributed by atoms with Crippen molar-refractivity contribution in [1.29, 1.82) is 0 Å². The number of carbonyl (C=O) groups excluding carboxylic acids is 1. The van der Waals surface area contributed by atoms with Gasteiger partial charge >= 0.3 is 0 Å². The van der Waals surface area contributed by atoms with Gasteiger partial charge in [-0.25, -0.2) is 4.98 Å². The Hall–Kier alpha value is -2.88. The predicted molar refractivity (Wildman–Crippen MR) is 131 cm³/mol. The van der Waals surface area contributed by atoms with Crippen LogP contribution in [0.15, 0.2) is 42.5 Å². The molecular weight excluding hydrogens is 454 g/mol. The summed E-state index contributed by atoms with van der Waals surface area (Å²) >= 11 is 1.48. The number of thiazole rings is 1. The summed E-state index contributed by atoms with van der Waals surface area (Å²) in [5.41, 5.74) is 0.839. The second-order valence-corrected chi connectivity index (χ2v) is 9.44. The van der Waals surface area contributed by atoms with Crippen LogP contribution < -0.4 is 19.1 Å². The van der Waals surface area contributed by atoms with Gasteiger partial charge in [-0.2, -0.15) is 0 Å². The zero-order chi connectivity index (χ0) is 23.5. The quantitative estimate of drug-likeness (QED) is 0.509. The van der Waals surface area contributed by atoms with E-state index in [9.17, 15) is 4.79 Å². The van der Waals surface area contributed by atoms with Gasteiger partial charge in [0.15, 0.2) is 16.6 Å². The maximum atomic E-state index is 13.8. The SMILES string of the molecule is COc1ccc2nc(N(CCCN3CCOCC3)C(=O)C3Oc4ccccc4OC3C)sc2c1. The van der Waals surface area contributed by atoms with Gasteiger partial charge in [-0.1, -0.05) is 23.5 Å². The zero-order valence-corrected chi connectivity index (χ0v) is 20.3. The molecule has 3 aromatic rings. The molecule has 180 valence electrons. The fourth-order valence-electron chi connectivity index (χ4n) is 4.26. The van der Waals surface area contributed by atoms with Crippen molar-refractivity contribution in [3.63, 3.8) is 0 Å². The number of benzene rings is 2. The minimum Gasteiger partial charge on any atom is -0.497 e. The molecule has 5 rings (SSSR count). The van der Waals surface area contributed by atoms with Crippen LogP contribution in [0, 0.1) is 0 Å². The number of fused-ring (bicyclic) bond motifs is 2. The Morgan fingerprint density at radius 3 is 2.71 bits per heavy atom. The lowest BCUT2D eigenvalue weighted by atomic mass is 10.1. The van der Waals surface area contributed by atoms with Crippen LogP contribution in [0.25, 0.3) is 10.2 Å². The van der Waals surface area contributed by atoms with Crippen LogP contribution in [-0.4, -0.2) is 74.5 Å². The Labute approximate surface area is 203 Å². The van der Waals surface area contributed by atoms with Gasteiger partial charge < -0.3 is 18.9 Å². The molecule has 1 fully saturated rings. The largest absolute Gasteiger partial charge is 0.497 e. The maximum Gasteiger partial charge on any atom is 0.273 e. The van der Waals surface area contributed by atoms with Gasteiger partial charge in [-0.15, -0.1) is 0 Å². The molecule has 1 saturated heterocycles. The monoisotopic (exact) mass is 483 g/mol. The highest BCUT2D eigenvalue weighted by atomic mass is 32.1. The number of ether oxygens (including phenoxy) is 4. The maximum absolute atomic E-state index is 13.8. The molecule has 1 amide bonds. The van der Waals surface area contributed by atoms with E-state index in [1.165, 1.54) is 11.3 Å². The zero-order valence-electron chi connectivity index (χ0n) is 19.4. The lowest BCUT2D eigenvalue weighted by molar-refractivity contribution is -0.130. The van der Waals surface area contributed by atoms with Gasteiger partial charge in [-0.3, -0.25) is 14.6 Å². The molecular formula is C25H29N3O5S. The molecule has 0 saturated carbocycles. The molecule has 2 atom stereocenters. The topological polar surface area (TPSA) is 73.4 Å². The fourth-order valence-corrected chi connectivity index (χ4v) is 5.28. The van der Waals surface area contributed by atoms with Crippen LogP contribution in [0.2, 0.25) is 0 Å². The molecule has 0 bridgehead atoms. The number of anilines is 1. The van der Waals surface area contributed by atoms with E-state index in [0.717, 1.165) is 55.2 Å². The molecule has 9 heteroatoms. The van der Waals surface area contributed by atoms with Crippen LogP contribution in [0.1, 0.15) is 13.3 Å². The number of rotatable bonds is 7. The number of nitrogens with zero attached hydrogens (tertiary/aromatic N) is 3. The first-order valence-electron chi connectivity index (χ1n) is 11.6. The average Bonchev–Trinajstić information content (AvgIpc) is 3.29. The van der Waals surface area contributed by atoms with Gasteiger partial charge in [0.1, 0.15) is 11.9 Å². The third-order valence-electron chi connectivity index (χ3n) is 6.13. The Morgan fingerprint density at radius 2 is 1.94 bits per heavy atom. The van der Waals surface area contributed by atoms with E-state index >= 15 is 0 Å². The molecule has 8 nitrogen and oxygen atoms in total. The summed E-state index contributed by atoms with van der Waals surface area (Å²) in [5.74, 6) is 1.86. The van der Waals surface area contributed by atoms with E-state index in [1.54, 1.807) is 12.0 Å². The minimum absolute atomic E-state index is 0.144. The molecule has 1 aromatic heterocycles. The normalized spacial score (nSPS) is 20.3. The van der Waals surface area contributed by atoms with E-state index < -0.39 is 12.2 Å². The number of methoxy groups -OCH3 is 1. The number of carbonyl (C=O) groups is 1. The fraction of sp³-hybridized carbons (Fsp3) is 0.440. The highest BCUT2D eigenvalue weighted by Gasteiger charge is 2.38. The first-order chi connectivity index (χ1) is 16.6. The van der Waals surface area contributed by atoms with Crippen molar-refractivity contribution < 1.29 is 23.7 Å². The summed E-state index contributed by atoms with van der Waals surface area (Å²) in [6, 6.07) is 13.2. The Kier molecular flexibility index (Phi) is 6.85. The van der Waals surface area contributed by atoms with E-state index in [2.05, 4.69) is 4.90 Å². The average molecular weight is 484 g/mol. The standard InChI is InChI=1S/C25H29N3O5S/c1-17-23(33-21-7-4-3-6-20(21)32-17)24(29)28(11-5-10-27-12-14-31-15-13-27)25-26-19-9-8-18(30-2)16-22(19)34-25/h3-4,6-9,16-17,23H,5,10-15H2,1-2H3. The van der Waals surface area contributed by atoms with Crippen LogP contribution in [0.4, 0.5) is 5.13 Å². The molecule has 2 unspecified atom stereocenters. The second kappa shape index (κ2) is 10.2. The molecule has 0 radical (unpaired) electrons. The molecule has 0 spiro atoms. The number of para-hydroxylation sites is 2. The van der Waals surface area contributed by atoms with Crippen molar-refractivity contribution in [2.75, 3.05) is 51.4 Å². The predicted octanol–water partition coefficient (Wildman–Crippen LogP) is 3.59. The van der Waals surface area contributed by atoms with Crippen molar-refractivity contribution in [3.8, 4) is 17.2 Å². The van der Waals surface area contributed by atoms with E-state index in [4.69, 9.17) is 23.9 Å². The van der Waals surface area contributed by atoms with E-state index in [1.807, 2.05) is 49.4 Å². The first kappa shape index (κ1) is 22.9. The van der Waals surface area contributed by atoms with Gasteiger partial charge in [0, 0.05) is 26.2 Å². The Morgan fingerprint density at radius 1 is 1.18 bits per heavy atom. The highest BCUT2D eigenvalue weighted by Crippen LogP contribution is 2.36. The Bertz CT molecular complexity index is 1150. The molecule has 2 aliphatic heterocycles. The smallest absolute Gasteiger partial charge is 0.273 e. The highest BCUT2D eigenvalue weighted by molar-refractivity contribution is 7.22. The lowest BCUT2D eigenvalue weighted by Crippen LogP contribution is -2.51. The molecule has 2 aromatic carbocycles. The minimum atomic E-state index is -0.750. The van der Waals surface area contributed by atoms with Crippen LogP contribution >= 0.6 is 11.3 Å². The summed E-state index contributed by atoms with van der Waals surface area (Å²) in [6.07, 6.45) is -0.345. The second-order valence-electron chi connectivity index (χ2n) is 8.44. The molecule has 34 heavy (non-hydrogen) atoms. The van der Waals surface area contributed by atoms with Gasteiger partial charge in [0.05, 0.1) is 30.5 Å². The first-order valence-corrected chi connectivity index (χ1v) is 12.4. The summed E-state index contributed by atoms with van der Waals surface area (Å²) in [4.78, 5) is 22.7. The molecule has 0 aliphatic carbocycles. The van der Waals surface area contributed by atoms with Crippen molar-refractivity contribution >= 4 is 32.6 Å². The molecule has 2 aliphatic rings. The third kappa shape index (κ3) is 4.82. The van der Waals surface area contributed by atoms with Crippen LogP contribution in [-0.2, 0) is 9.53 Å². The summed E-state index contributed by atoms with van der Waals surface area (Å²) in [7, 11) is 1.64. The summed E-state index contributed by atoms with van der Waals surface area (Å²) < 4.78 is 23.9. The van der Waals surface area contributed by atoms with Crippen LogP contribution in [0.3, 0.4) is 0 Å². The summed E-state index contributed by atoms with van der Waals surface area (Å²) in [5, 5.41) is 0.657. The van der Waals surface area contributed by atoms with Gasteiger partial charge in [0.2, 0.25) is 6.10 Å². The van der Waals surface area contributed by atoms with E-state index in [0.29, 0.717) is 23.2 Å². The third-order valence-corrected chi connectivity index (χ3v) is 7.17.